The number of nitrogens with one attached hydrogen (secondary N) is 1. The number of carbonyl (C=O) groups excluding carboxylic acids is 1. The molecule has 1 N–H and O–H groups in total. The van der Waals surface area contributed by atoms with Crippen molar-refractivity contribution in [3.63, 3.8) is 0 Å². The number of hydrazone groups is 1. The maximum absolute atomic E-state index is 11.6. The number of pyridine rings is 1. The fourth-order valence-electron chi connectivity index (χ4n) is 2.07. The first-order chi connectivity index (χ1) is 13.0. The number of hydrogen-bond donors (Lipinski definition) is 1. The molecule has 9 heteroatoms. The van der Waals surface area contributed by atoms with Crippen molar-refractivity contribution >= 4 is 40.3 Å². The number of thiazole rings is 1. The molecule has 7 nitrogen and oxygen atoms in total. The molecule has 0 amide bonds. The van der Waals surface area contributed by atoms with Gasteiger partial charge in [-0.2, -0.15) is 5.10 Å². The van der Waals surface area contributed by atoms with Crippen molar-refractivity contribution in [2.24, 2.45) is 5.10 Å². The fraction of sp³-hybridized carbons (Fsp3) is 0.111. The average molecular weight is 403 g/mol. The highest BCUT2D eigenvalue weighted by Crippen LogP contribution is 2.29. The molecule has 0 bridgehead atoms. The molecule has 0 saturated carbocycles. The average Bonchev–Trinajstić information content (AvgIpc) is 3.08. The Labute approximate surface area is 164 Å². The van der Waals surface area contributed by atoms with E-state index in [-0.39, 0.29) is 5.88 Å². The number of hydrogen-bond acceptors (Lipinski definition) is 8. The number of ether oxygens (including phenoxy) is 2. The summed E-state index contributed by atoms with van der Waals surface area (Å²) in [5, 5.41) is 7.16. The number of benzene rings is 1. The van der Waals surface area contributed by atoms with E-state index in [9.17, 15) is 4.79 Å². The molecule has 138 valence electrons. The highest BCUT2D eigenvalue weighted by atomic mass is 35.5. The van der Waals surface area contributed by atoms with Gasteiger partial charge in [0.2, 0.25) is 11.0 Å². The molecule has 3 rings (SSSR count). The summed E-state index contributed by atoms with van der Waals surface area (Å²) in [7, 11) is 1.31. The first-order valence-corrected chi connectivity index (χ1v) is 9.04. The Balaban J connectivity index is 1.68. The van der Waals surface area contributed by atoms with Crippen molar-refractivity contribution in [1.29, 1.82) is 0 Å². The summed E-state index contributed by atoms with van der Waals surface area (Å²) in [6, 6.07) is 8.22. The molecule has 27 heavy (non-hydrogen) atoms. The van der Waals surface area contributed by atoms with Gasteiger partial charge in [-0.05, 0) is 36.8 Å². The maximum atomic E-state index is 11.6. The van der Waals surface area contributed by atoms with E-state index >= 15 is 0 Å². The summed E-state index contributed by atoms with van der Waals surface area (Å²) < 4.78 is 10.3. The van der Waals surface area contributed by atoms with Gasteiger partial charge < -0.3 is 9.47 Å². The van der Waals surface area contributed by atoms with Crippen LogP contribution in [0.5, 0.6) is 11.6 Å². The van der Waals surface area contributed by atoms with Crippen LogP contribution in [0.2, 0.25) is 5.02 Å². The van der Waals surface area contributed by atoms with E-state index in [0.717, 1.165) is 11.3 Å². The molecule has 3 aromatic rings. The molecule has 0 unspecified atom stereocenters. The third-order valence-electron chi connectivity index (χ3n) is 3.32. The minimum atomic E-state index is -0.470. The second-order valence-corrected chi connectivity index (χ2v) is 6.60. The van der Waals surface area contributed by atoms with Crippen LogP contribution >= 0.6 is 22.9 Å². The zero-order valence-electron chi connectivity index (χ0n) is 14.5. The number of esters is 1. The normalized spacial score (nSPS) is 10.8. The molecule has 0 radical (unpaired) electrons. The van der Waals surface area contributed by atoms with Crippen molar-refractivity contribution in [2.75, 3.05) is 12.5 Å². The molecule has 0 saturated heterocycles. The van der Waals surface area contributed by atoms with E-state index < -0.39 is 5.97 Å². The molecule has 2 aromatic heterocycles. The van der Waals surface area contributed by atoms with Crippen molar-refractivity contribution in [3.05, 3.63) is 63.8 Å². The van der Waals surface area contributed by atoms with Crippen molar-refractivity contribution in [3.8, 4) is 11.6 Å². The van der Waals surface area contributed by atoms with E-state index in [1.165, 1.54) is 36.8 Å². The lowest BCUT2D eigenvalue weighted by atomic mass is 10.2. The minimum absolute atomic E-state index is 0.238. The van der Waals surface area contributed by atoms with Crippen LogP contribution in [0.1, 0.15) is 21.6 Å². The Kier molecular flexibility index (Phi) is 6.00. The highest BCUT2D eigenvalue weighted by Gasteiger charge is 2.09. The smallest absolute Gasteiger partial charge is 0.338 e. The first kappa shape index (κ1) is 18.8. The molecule has 0 aliphatic heterocycles. The molecule has 0 spiro atoms. The van der Waals surface area contributed by atoms with Crippen LogP contribution in [-0.4, -0.2) is 29.3 Å². The van der Waals surface area contributed by atoms with Crippen LogP contribution in [0.25, 0.3) is 0 Å². The van der Waals surface area contributed by atoms with Crippen LogP contribution in [0.4, 0.5) is 5.13 Å². The number of aromatic nitrogens is 2. The number of anilines is 1. The second-order valence-electron chi connectivity index (χ2n) is 5.33. The Bertz CT molecular complexity index is 990. The number of halogens is 1. The summed E-state index contributed by atoms with van der Waals surface area (Å²) in [6.07, 6.45) is 3.09. The van der Waals surface area contributed by atoms with Crippen LogP contribution in [-0.2, 0) is 4.74 Å². The second kappa shape index (κ2) is 8.61. The van der Waals surface area contributed by atoms with E-state index in [1.807, 2.05) is 12.3 Å². The van der Waals surface area contributed by atoms with Crippen LogP contribution in [0, 0.1) is 6.92 Å². The number of nitrogens with zero attached hydrogens (tertiary/aromatic N) is 3. The van der Waals surface area contributed by atoms with E-state index in [0.29, 0.717) is 21.5 Å². The lowest BCUT2D eigenvalue weighted by Crippen LogP contribution is -2.01. The number of methoxy groups -OCH3 is 1. The number of rotatable bonds is 6. The quantitative estimate of drug-likeness (QED) is 0.370. The van der Waals surface area contributed by atoms with Gasteiger partial charge in [-0.3, -0.25) is 5.43 Å². The SMILES string of the molecule is COC(=O)c1ccnc(Oc2ccc(C=NNc3nc(C)cs3)cc2Cl)c1. The zero-order chi connectivity index (χ0) is 19.2. The molecule has 0 aliphatic rings. The van der Waals surface area contributed by atoms with Gasteiger partial charge in [0.1, 0.15) is 5.75 Å². The molecular weight excluding hydrogens is 388 g/mol. The first-order valence-electron chi connectivity index (χ1n) is 7.78. The largest absolute Gasteiger partial charge is 0.465 e. The van der Waals surface area contributed by atoms with E-state index in [1.54, 1.807) is 24.4 Å². The van der Waals surface area contributed by atoms with Crippen molar-refractivity contribution in [2.45, 2.75) is 6.92 Å². The van der Waals surface area contributed by atoms with Gasteiger partial charge in [-0.15, -0.1) is 11.3 Å². The third-order valence-corrected chi connectivity index (χ3v) is 4.48. The van der Waals surface area contributed by atoms with Gasteiger partial charge in [0, 0.05) is 17.6 Å². The maximum Gasteiger partial charge on any atom is 0.338 e. The molecule has 0 fully saturated rings. The predicted octanol–water partition coefficient (Wildman–Crippen LogP) is 4.52. The summed E-state index contributed by atoms with van der Waals surface area (Å²) >= 11 is 7.75. The molecule has 0 atom stereocenters. The van der Waals surface area contributed by atoms with Crippen LogP contribution in [0.3, 0.4) is 0 Å². The molecule has 0 aliphatic carbocycles. The standard InChI is InChI=1S/C18H15ClN4O3S/c1-11-10-27-18(22-11)23-21-9-12-3-4-15(14(19)7-12)26-16-8-13(5-6-20-16)17(24)25-2/h3-10H,1-2H3,(H,22,23). The zero-order valence-corrected chi connectivity index (χ0v) is 16.0. The van der Waals surface area contributed by atoms with Gasteiger partial charge >= 0.3 is 5.97 Å². The molecular formula is C18H15ClN4O3S. The Morgan fingerprint density at radius 3 is 2.89 bits per heavy atom. The Morgan fingerprint density at radius 2 is 2.19 bits per heavy atom. The topological polar surface area (TPSA) is 85.7 Å². The lowest BCUT2D eigenvalue weighted by molar-refractivity contribution is 0.0600. The number of aryl methyl sites for hydroxylation is 1. The predicted molar refractivity (Wildman–Crippen MR) is 105 cm³/mol. The van der Waals surface area contributed by atoms with Crippen molar-refractivity contribution in [1.82, 2.24) is 9.97 Å². The summed E-state index contributed by atoms with van der Waals surface area (Å²) in [6.45, 7) is 1.92. The van der Waals surface area contributed by atoms with Gasteiger partial charge in [-0.1, -0.05) is 11.6 Å². The van der Waals surface area contributed by atoms with Gasteiger partial charge in [0.25, 0.3) is 0 Å². The highest BCUT2D eigenvalue weighted by molar-refractivity contribution is 7.13. The van der Waals surface area contributed by atoms with Crippen LogP contribution < -0.4 is 10.2 Å². The molecule has 2 heterocycles. The number of carbonyl (C=O) groups is 1. The van der Waals surface area contributed by atoms with Gasteiger partial charge in [0.05, 0.1) is 29.6 Å². The Hall–Kier alpha value is -2.97. The Morgan fingerprint density at radius 1 is 1.33 bits per heavy atom. The monoisotopic (exact) mass is 402 g/mol. The van der Waals surface area contributed by atoms with Gasteiger partial charge in [0.15, 0.2) is 0 Å². The fourth-order valence-corrected chi connectivity index (χ4v) is 2.93. The van der Waals surface area contributed by atoms with Crippen molar-refractivity contribution < 1.29 is 14.3 Å². The van der Waals surface area contributed by atoms with E-state index in [4.69, 9.17) is 16.3 Å². The third kappa shape index (κ3) is 5.02. The van der Waals surface area contributed by atoms with Crippen LogP contribution in [0.15, 0.2) is 47.0 Å². The van der Waals surface area contributed by atoms with E-state index in [2.05, 4.69) is 25.2 Å². The summed E-state index contributed by atoms with van der Waals surface area (Å²) in [5.41, 5.74) is 4.92. The summed E-state index contributed by atoms with van der Waals surface area (Å²) in [4.78, 5) is 19.9. The summed E-state index contributed by atoms with van der Waals surface area (Å²) in [5.74, 6) is 0.177. The lowest BCUT2D eigenvalue weighted by Gasteiger charge is -2.08. The van der Waals surface area contributed by atoms with Gasteiger partial charge in [-0.25, -0.2) is 14.8 Å². The molecule has 1 aromatic carbocycles. The minimum Gasteiger partial charge on any atom is -0.465 e.